The van der Waals surface area contributed by atoms with Crippen LogP contribution in [0.25, 0.3) is 0 Å². The first-order chi connectivity index (χ1) is 6.97. The summed E-state index contributed by atoms with van der Waals surface area (Å²) in [6.45, 7) is 1.98. The maximum Gasteiger partial charge on any atom is 0.171 e. The number of phenolic OH excluding ortho intramolecular Hbond substituents is 2. The van der Waals surface area contributed by atoms with E-state index in [0.29, 0.717) is 4.47 Å². The van der Waals surface area contributed by atoms with Crippen LogP contribution in [0.4, 0.5) is 0 Å². The average molecular weight is 272 g/mol. The lowest BCUT2D eigenvalue weighted by molar-refractivity contribution is 0.399. The lowest BCUT2D eigenvalue weighted by Crippen LogP contribution is -2.31. The fraction of sp³-hybridized carbons (Fsp3) is 0.455. The molecule has 4 N–H and O–H groups in total. The van der Waals surface area contributed by atoms with Gasteiger partial charge in [-0.25, -0.2) is 0 Å². The molecule has 1 aromatic rings. The molecule has 0 bridgehead atoms. The number of nitrogens with two attached hydrogens (primary N) is 1. The van der Waals surface area contributed by atoms with Crippen LogP contribution in [0.1, 0.15) is 25.3 Å². The van der Waals surface area contributed by atoms with Crippen molar-refractivity contribution in [1.82, 2.24) is 0 Å². The SMILES string of the molecule is CC(N)C1(c2cc(O)c(O)c(Br)c2)CC1. The molecular weight excluding hydrogens is 258 g/mol. The molecule has 0 aliphatic heterocycles. The Bertz CT molecular complexity index is 377. The van der Waals surface area contributed by atoms with Crippen LogP contribution in [0.15, 0.2) is 16.6 Å². The molecule has 82 valence electrons. The minimum atomic E-state index is -0.112. The van der Waals surface area contributed by atoms with Gasteiger partial charge in [0.05, 0.1) is 4.47 Å². The van der Waals surface area contributed by atoms with Crippen molar-refractivity contribution in [3.05, 3.63) is 22.2 Å². The molecule has 4 heteroatoms. The number of phenols is 2. The van der Waals surface area contributed by atoms with Crippen molar-refractivity contribution in [2.24, 2.45) is 5.73 Å². The highest BCUT2D eigenvalue weighted by Crippen LogP contribution is 2.52. The summed E-state index contributed by atoms with van der Waals surface area (Å²) < 4.78 is 0.518. The Morgan fingerprint density at radius 3 is 2.40 bits per heavy atom. The van der Waals surface area contributed by atoms with Crippen molar-refractivity contribution in [2.45, 2.75) is 31.2 Å². The molecule has 0 spiro atoms. The van der Waals surface area contributed by atoms with Crippen molar-refractivity contribution in [3.8, 4) is 11.5 Å². The summed E-state index contributed by atoms with van der Waals surface area (Å²) in [6.07, 6.45) is 2.09. The second-order valence-corrected chi connectivity index (χ2v) is 5.12. The molecular formula is C11H14BrNO2. The number of hydrogen-bond donors (Lipinski definition) is 3. The molecule has 1 aliphatic rings. The van der Waals surface area contributed by atoms with Gasteiger partial charge in [0.2, 0.25) is 0 Å². The first-order valence-electron chi connectivity index (χ1n) is 4.95. The second-order valence-electron chi connectivity index (χ2n) is 4.27. The van der Waals surface area contributed by atoms with E-state index in [1.807, 2.05) is 13.0 Å². The van der Waals surface area contributed by atoms with Crippen molar-refractivity contribution in [1.29, 1.82) is 0 Å². The lowest BCUT2D eigenvalue weighted by Gasteiger charge is -2.20. The molecule has 1 fully saturated rings. The average Bonchev–Trinajstić information content (AvgIpc) is 2.93. The van der Waals surface area contributed by atoms with Gasteiger partial charge in [0, 0.05) is 11.5 Å². The maximum absolute atomic E-state index is 9.53. The van der Waals surface area contributed by atoms with Crippen molar-refractivity contribution in [3.63, 3.8) is 0 Å². The van der Waals surface area contributed by atoms with Crippen molar-refractivity contribution in [2.75, 3.05) is 0 Å². The minimum Gasteiger partial charge on any atom is -0.504 e. The molecule has 1 aliphatic carbocycles. The monoisotopic (exact) mass is 271 g/mol. The van der Waals surface area contributed by atoms with Crippen LogP contribution in [-0.2, 0) is 5.41 Å². The zero-order valence-electron chi connectivity index (χ0n) is 8.50. The Kier molecular flexibility index (Phi) is 2.43. The van der Waals surface area contributed by atoms with E-state index in [4.69, 9.17) is 5.73 Å². The predicted octanol–water partition coefficient (Wildman–Crippen LogP) is 2.24. The number of halogens is 1. The van der Waals surface area contributed by atoms with E-state index in [-0.39, 0.29) is 23.0 Å². The maximum atomic E-state index is 9.53. The number of rotatable bonds is 2. The highest BCUT2D eigenvalue weighted by Gasteiger charge is 2.47. The van der Waals surface area contributed by atoms with Crippen LogP contribution in [-0.4, -0.2) is 16.3 Å². The third-order valence-corrected chi connectivity index (χ3v) is 3.88. The summed E-state index contributed by atoms with van der Waals surface area (Å²) in [6, 6.07) is 3.51. The quantitative estimate of drug-likeness (QED) is 0.723. The summed E-state index contributed by atoms with van der Waals surface area (Å²) in [7, 11) is 0. The molecule has 0 heterocycles. The summed E-state index contributed by atoms with van der Waals surface area (Å²) in [4.78, 5) is 0. The zero-order valence-corrected chi connectivity index (χ0v) is 10.1. The van der Waals surface area contributed by atoms with Gasteiger partial charge in [-0.2, -0.15) is 0 Å². The Labute approximate surface area is 97.0 Å². The summed E-state index contributed by atoms with van der Waals surface area (Å²) >= 11 is 3.22. The third kappa shape index (κ3) is 1.62. The number of benzene rings is 1. The van der Waals surface area contributed by atoms with Gasteiger partial charge in [-0.05, 0) is 53.4 Å². The van der Waals surface area contributed by atoms with Gasteiger partial charge >= 0.3 is 0 Å². The van der Waals surface area contributed by atoms with Crippen molar-refractivity contribution >= 4 is 15.9 Å². The molecule has 0 saturated heterocycles. The van der Waals surface area contributed by atoms with Crippen LogP contribution in [0.3, 0.4) is 0 Å². The smallest absolute Gasteiger partial charge is 0.171 e. The normalized spacial score (nSPS) is 19.9. The molecule has 0 aromatic heterocycles. The number of hydrogen-bond acceptors (Lipinski definition) is 3. The molecule has 0 amide bonds. The molecule has 3 nitrogen and oxygen atoms in total. The fourth-order valence-electron chi connectivity index (χ4n) is 2.01. The molecule has 15 heavy (non-hydrogen) atoms. The van der Waals surface area contributed by atoms with Gasteiger partial charge in [0.25, 0.3) is 0 Å². The van der Waals surface area contributed by atoms with Gasteiger partial charge in [-0.3, -0.25) is 0 Å². The molecule has 1 saturated carbocycles. The summed E-state index contributed by atoms with van der Waals surface area (Å²) in [5, 5.41) is 19.0. The van der Waals surface area contributed by atoms with Crippen LogP contribution in [0.5, 0.6) is 11.5 Å². The van der Waals surface area contributed by atoms with Gasteiger partial charge < -0.3 is 15.9 Å². The Hall–Kier alpha value is -0.740. The van der Waals surface area contributed by atoms with Gasteiger partial charge in [0.15, 0.2) is 11.5 Å². The van der Waals surface area contributed by atoms with E-state index < -0.39 is 0 Å². The van der Waals surface area contributed by atoms with Crippen LogP contribution in [0, 0.1) is 0 Å². The molecule has 1 unspecified atom stereocenters. The molecule has 1 atom stereocenters. The zero-order chi connectivity index (χ0) is 11.2. The summed E-state index contributed by atoms with van der Waals surface area (Å²) in [5.41, 5.74) is 6.94. The van der Waals surface area contributed by atoms with Crippen molar-refractivity contribution < 1.29 is 10.2 Å². The lowest BCUT2D eigenvalue weighted by atomic mass is 9.89. The predicted molar refractivity (Wildman–Crippen MR) is 62.0 cm³/mol. The molecule has 1 aromatic carbocycles. The van der Waals surface area contributed by atoms with E-state index in [2.05, 4.69) is 15.9 Å². The minimum absolute atomic E-state index is 0.00625. The fourth-order valence-corrected chi connectivity index (χ4v) is 2.46. The largest absolute Gasteiger partial charge is 0.504 e. The molecule has 2 rings (SSSR count). The van der Waals surface area contributed by atoms with E-state index in [1.165, 1.54) is 0 Å². The summed E-state index contributed by atoms with van der Waals surface area (Å²) in [5.74, 6) is -0.203. The Morgan fingerprint density at radius 2 is 2.00 bits per heavy atom. The highest BCUT2D eigenvalue weighted by molar-refractivity contribution is 9.10. The van der Waals surface area contributed by atoms with Crippen LogP contribution >= 0.6 is 15.9 Å². The topological polar surface area (TPSA) is 66.5 Å². The van der Waals surface area contributed by atoms with Gasteiger partial charge in [-0.15, -0.1) is 0 Å². The second kappa shape index (κ2) is 3.39. The third-order valence-electron chi connectivity index (χ3n) is 3.28. The van der Waals surface area contributed by atoms with Crippen LogP contribution in [0.2, 0.25) is 0 Å². The van der Waals surface area contributed by atoms with E-state index in [9.17, 15) is 10.2 Å². The first kappa shape index (κ1) is 10.8. The van der Waals surface area contributed by atoms with Gasteiger partial charge in [0.1, 0.15) is 0 Å². The van der Waals surface area contributed by atoms with Gasteiger partial charge in [-0.1, -0.05) is 0 Å². The van der Waals surface area contributed by atoms with Crippen LogP contribution < -0.4 is 5.73 Å². The van der Waals surface area contributed by atoms with E-state index >= 15 is 0 Å². The van der Waals surface area contributed by atoms with E-state index in [0.717, 1.165) is 18.4 Å². The molecule has 0 radical (unpaired) electrons. The number of aromatic hydroxyl groups is 2. The Balaban J connectivity index is 2.47. The Morgan fingerprint density at radius 1 is 1.40 bits per heavy atom. The van der Waals surface area contributed by atoms with E-state index in [1.54, 1.807) is 6.07 Å². The standard InChI is InChI=1S/C11H14BrNO2/c1-6(13)11(2-3-11)7-4-8(12)10(15)9(14)5-7/h4-6,14-15H,2-3,13H2,1H3. The first-order valence-corrected chi connectivity index (χ1v) is 5.74. The highest BCUT2D eigenvalue weighted by atomic mass is 79.9.